The molecule has 0 saturated heterocycles. The van der Waals surface area contributed by atoms with Crippen molar-refractivity contribution in [2.45, 2.75) is 4.21 Å². The molecule has 0 aliphatic rings. The first-order valence-corrected chi connectivity index (χ1v) is 7.80. The van der Waals surface area contributed by atoms with E-state index in [4.69, 9.17) is 11.6 Å². The minimum atomic E-state index is -3.75. The molecule has 0 saturated carbocycles. The molecule has 0 bridgehead atoms. The van der Waals surface area contributed by atoms with E-state index in [-0.39, 0.29) is 15.7 Å². The fourth-order valence-corrected chi connectivity index (χ4v) is 4.22. The fraction of sp³-hybridized carbons (Fsp3) is 0.100. The molecule has 7 nitrogen and oxygen atoms in total. The van der Waals surface area contributed by atoms with Crippen LogP contribution < -0.4 is 4.31 Å². The van der Waals surface area contributed by atoms with Crippen LogP contribution in [0.3, 0.4) is 0 Å². The van der Waals surface area contributed by atoms with Gasteiger partial charge in [-0.15, -0.1) is 11.3 Å². The number of sulfonamides is 1. The third-order valence-electron chi connectivity index (χ3n) is 2.45. The van der Waals surface area contributed by atoms with Crippen molar-refractivity contribution in [3.8, 4) is 0 Å². The van der Waals surface area contributed by atoms with Gasteiger partial charge in [-0.25, -0.2) is 8.42 Å². The van der Waals surface area contributed by atoms with Crippen LogP contribution in [0.5, 0.6) is 0 Å². The summed E-state index contributed by atoms with van der Waals surface area (Å²) < 4.78 is 26.0. The van der Waals surface area contributed by atoms with Gasteiger partial charge in [-0.05, 0) is 28.1 Å². The van der Waals surface area contributed by atoms with E-state index in [1.807, 2.05) is 0 Å². The summed E-state index contributed by atoms with van der Waals surface area (Å²) in [5, 5.41) is 10.5. The maximum atomic E-state index is 12.3. The second-order valence-corrected chi connectivity index (χ2v) is 7.57. The molecule has 2 heterocycles. The smallest absolute Gasteiger partial charge is 0.358 e. The molecule has 0 aliphatic carbocycles. The maximum absolute atomic E-state index is 12.3. The first-order valence-electron chi connectivity index (χ1n) is 5.17. The molecule has 0 fully saturated rings. The lowest BCUT2D eigenvalue weighted by Crippen LogP contribution is -2.25. The highest BCUT2D eigenvalue weighted by molar-refractivity contribution is 7.94. The Morgan fingerprint density at radius 1 is 1.35 bits per heavy atom. The van der Waals surface area contributed by atoms with E-state index in [2.05, 4.69) is 4.98 Å². The van der Waals surface area contributed by atoms with Gasteiger partial charge in [0.2, 0.25) is 0 Å². The molecule has 0 amide bonds. The van der Waals surface area contributed by atoms with Crippen LogP contribution in [-0.2, 0) is 10.0 Å². The predicted molar refractivity (Wildman–Crippen MR) is 75.8 cm³/mol. The zero-order chi connectivity index (χ0) is 14.9. The standard InChI is InChI=1S/C10H8ClN3O4S2/c1-13(7-2-4-9(12-6-7)14(15)16)20(17,18)10-5-3-8(11)19-10/h2-6H,1H3. The molecule has 0 aliphatic heterocycles. The van der Waals surface area contributed by atoms with Gasteiger partial charge in [0.05, 0.1) is 10.0 Å². The zero-order valence-electron chi connectivity index (χ0n) is 10.1. The van der Waals surface area contributed by atoms with Gasteiger partial charge in [0, 0.05) is 13.1 Å². The Balaban J connectivity index is 2.35. The summed E-state index contributed by atoms with van der Waals surface area (Å²) in [6.07, 6.45) is 1.13. The molecule has 106 valence electrons. The number of hydrogen-bond acceptors (Lipinski definition) is 6. The fourth-order valence-electron chi connectivity index (χ4n) is 1.38. The van der Waals surface area contributed by atoms with Gasteiger partial charge < -0.3 is 10.1 Å². The van der Waals surface area contributed by atoms with Gasteiger partial charge in [0.15, 0.2) is 6.20 Å². The number of aromatic nitrogens is 1. The van der Waals surface area contributed by atoms with E-state index in [1.54, 1.807) is 0 Å². The van der Waals surface area contributed by atoms with Gasteiger partial charge in [-0.1, -0.05) is 11.6 Å². The molecule has 0 spiro atoms. The van der Waals surface area contributed by atoms with Crippen molar-refractivity contribution in [2.24, 2.45) is 0 Å². The van der Waals surface area contributed by atoms with Crippen molar-refractivity contribution >= 4 is 44.5 Å². The van der Waals surface area contributed by atoms with E-state index in [0.29, 0.717) is 4.34 Å². The van der Waals surface area contributed by atoms with Gasteiger partial charge in [0.1, 0.15) is 4.21 Å². The largest absolute Gasteiger partial charge is 0.363 e. The summed E-state index contributed by atoms with van der Waals surface area (Å²) in [6, 6.07) is 5.35. The number of rotatable bonds is 4. The summed E-state index contributed by atoms with van der Waals surface area (Å²) in [7, 11) is -2.41. The number of nitrogens with zero attached hydrogens (tertiary/aromatic N) is 3. The van der Waals surface area contributed by atoms with Crippen LogP contribution in [0.25, 0.3) is 0 Å². The molecule has 2 rings (SSSR count). The molecule has 0 aromatic carbocycles. The van der Waals surface area contributed by atoms with Gasteiger partial charge >= 0.3 is 5.82 Å². The highest BCUT2D eigenvalue weighted by Gasteiger charge is 2.24. The number of nitro groups is 1. The van der Waals surface area contributed by atoms with Crippen LogP contribution >= 0.6 is 22.9 Å². The van der Waals surface area contributed by atoms with Crippen molar-refractivity contribution < 1.29 is 13.3 Å². The molecule has 10 heteroatoms. The van der Waals surface area contributed by atoms with Gasteiger partial charge in [-0.3, -0.25) is 4.31 Å². The van der Waals surface area contributed by atoms with E-state index in [9.17, 15) is 18.5 Å². The average molecular weight is 334 g/mol. The Labute approximate surface area is 123 Å². The molecule has 2 aromatic heterocycles. The summed E-state index contributed by atoms with van der Waals surface area (Å²) in [5.74, 6) is -0.348. The van der Waals surface area contributed by atoms with Crippen molar-refractivity contribution in [1.29, 1.82) is 0 Å². The third-order valence-corrected chi connectivity index (χ3v) is 5.93. The van der Waals surface area contributed by atoms with E-state index < -0.39 is 14.9 Å². The molecular formula is C10H8ClN3O4S2. The van der Waals surface area contributed by atoms with Crippen molar-refractivity contribution in [1.82, 2.24) is 4.98 Å². The number of thiophene rings is 1. The molecule has 0 atom stereocenters. The highest BCUT2D eigenvalue weighted by atomic mass is 35.5. The summed E-state index contributed by atoms with van der Waals surface area (Å²) in [6.45, 7) is 0. The van der Waals surface area contributed by atoms with Crippen molar-refractivity contribution in [2.75, 3.05) is 11.4 Å². The second kappa shape index (κ2) is 5.35. The summed E-state index contributed by atoms with van der Waals surface area (Å²) in [4.78, 5) is 13.4. The molecule has 0 unspecified atom stereocenters. The first kappa shape index (κ1) is 14.7. The lowest BCUT2D eigenvalue weighted by Gasteiger charge is -2.16. The minimum absolute atomic E-state index is 0.0864. The van der Waals surface area contributed by atoms with Crippen LogP contribution in [0.15, 0.2) is 34.7 Å². The SMILES string of the molecule is CN(c1ccc([N+](=O)[O-])nc1)S(=O)(=O)c1ccc(Cl)s1. The first-order chi connectivity index (χ1) is 9.32. The normalized spacial score (nSPS) is 11.3. The Morgan fingerprint density at radius 2 is 2.05 bits per heavy atom. The number of hydrogen-bond donors (Lipinski definition) is 0. The Kier molecular flexibility index (Phi) is 3.93. The van der Waals surface area contributed by atoms with E-state index in [1.165, 1.54) is 25.2 Å². The lowest BCUT2D eigenvalue weighted by molar-refractivity contribution is -0.389. The quantitative estimate of drug-likeness (QED) is 0.633. The monoisotopic (exact) mass is 333 g/mol. The molecule has 20 heavy (non-hydrogen) atoms. The van der Waals surface area contributed by atoms with E-state index in [0.717, 1.165) is 27.9 Å². The lowest BCUT2D eigenvalue weighted by atomic mass is 10.4. The molecule has 0 N–H and O–H groups in total. The molecule has 0 radical (unpaired) electrons. The Morgan fingerprint density at radius 3 is 2.50 bits per heavy atom. The van der Waals surface area contributed by atoms with Crippen LogP contribution in [0.2, 0.25) is 4.34 Å². The second-order valence-electron chi connectivity index (χ2n) is 3.66. The summed E-state index contributed by atoms with van der Waals surface area (Å²) >= 11 is 6.65. The van der Waals surface area contributed by atoms with Gasteiger partial charge in [-0.2, -0.15) is 0 Å². The number of pyridine rings is 1. The average Bonchev–Trinajstić information content (AvgIpc) is 2.85. The van der Waals surface area contributed by atoms with Crippen molar-refractivity contribution in [3.63, 3.8) is 0 Å². The predicted octanol–water partition coefficient (Wildman–Crippen LogP) is 2.53. The highest BCUT2D eigenvalue weighted by Crippen LogP contribution is 2.30. The Hall–Kier alpha value is -1.71. The van der Waals surface area contributed by atoms with Crippen molar-refractivity contribution in [3.05, 3.63) is 44.9 Å². The van der Waals surface area contributed by atoms with Crippen LogP contribution in [-0.4, -0.2) is 25.4 Å². The number of anilines is 1. The van der Waals surface area contributed by atoms with Crippen LogP contribution in [0, 0.1) is 10.1 Å². The topological polar surface area (TPSA) is 93.4 Å². The van der Waals surface area contributed by atoms with E-state index >= 15 is 0 Å². The maximum Gasteiger partial charge on any atom is 0.363 e. The molecular weight excluding hydrogens is 326 g/mol. The van der Waals surface area contributed by atoms with Crippen LogP contribution in [0.1, 0.15) is 0 Å². The Bertz CT molecular complexity index is 742. The zero-order valence-corrected chi connectivity index (χ0v) is 12.4. The number of halogens is 1. The third kappa shape index (κ3) is 2.74. The minimum Gasteiger partial charge on any atom is -0.358 e. The van der Waals surface area contributed by atoms with Gasteiger partial charge in [0.25, 0.3) is 10.0 Å². The molecule has 2 aromatic rings. The van der Waals surface area contributed by atoms with Crippen LogP contribution in [0.4, 0.5) is 11.5 Å². The summed E-state index contributed by atoms with van der Waals surface area (Å²) in [5.41, 5.74) is 0.222.